The molecule has 2 radical (unpaired) electrons. The fourth-order valence-corrected chi connectivity index (χ4v) is 1.88. The number of phosphoric ester groups is 1. The molecule has 0 aliphatic carbocycles. The van der Waals surface area contributed by atoms with E-state index >= 15 is 0 Å². The molecule has 1 saturated heterocycles. The van der Waals surface area contributed by atoms with Gasteiger partial charge in [-0.1, -0.05) is 0 Å². The van der Waals surface area contributed by atoms with Gasteiger partial charge in [0.2, 0.25) is 0 Å². The van der Waals surface area contributed by atoms with Crippen LogP contribution in [0.2, 0.25) is 0 Å². The Morgan fingerprint density at radius 3 is 2.69 bits per heavy atom. The third-order valence-corrected chi connectivity index (χ3v) is 2.54. The molecule has 1 aliphatic rings. The second-order valence-corrected chi connectivity index (χ2v) is 5.07. The molecule has 6 nitrogen and oxygen atoms in total. The minimum absolute atomic E-state index is 0.0345. The molecule has 1 fully saturated rings. The molecule has 1 rings (SSSR count). The molecular formula is C8H14BO6P-2. The normalized spacial score (nSPS) is 31.2. The topological polar surface area (TPSA) is 90.9 Å². The van der Waals surface area contributed by atoms with Gasteiger partial charge in [-0.2, -0.15) is 0 Å². The SMILES string of the molecule is [B][C@H]1CC(OC(C)C)[C@@H](COP(=O)([O-])[O-])O1. The first kappa shape index (κ1) is 14.2. The van der Waals surface area contributed by atoms with E-state index in [2.05, 4.69) is 4.52 Å². The highest BCUT2D eigenvalue weighted by atomic mass is 31.2. The van der Waals surface area contributed by atoms with Crippen LogP contribution >= 0.6 is 7.82 Å². The lowest BCUT2D eigenvalue weighted by Gasteiger charge is -2.31. The molecule has 0 saturated carbocycles. The highest BCUT2D eigenvalue weighted by Crippen LogP contribution is 2.29. The Morgan fingerprint density at radius 2 is 2.19 bits per heavy atom. The lowest BCUT2D eigenvalue weighted by molar-refractivity contribution is -0.343. The van der Waals surface area contributed by atoms with E-state index in [-0.39, 0.29) is 18.8 Å². The Morgan fingerprint density at radius 1 is 1.56 bits per heavy atom. The summed E-state index contributed by atoms with van der Waals surface area (Å²) >= 11 is 0. The molecule has 0 aromatic rings. The monoisotopic (exact) mass is 248 g/mol. The Hall–Kier alpha value is 0.0949. The molecule has 0 spiro atoms. The average molecular weight is 248 g/mol. The molecule has 1 unspecified atom stereocenters. The van der Waals surface area contributed by atoms with E-state index in [1.165, 1.54) is 0 Å². The molecule has 0 aromatic carbocycles. The summed E-state index contributed by atoms with van der Waals surface area (Å²) in [5, 5.41) is 0. The highest BCUT2D eigenvalue weighted by Gasteiger charge is 2.34. The van der Waals surface area contributed by atoms with E-state index in [0.29, 0.717) is 6.42 Å². The summed E-state index contributed by atoms with van der Waals surface area (Å²) < 4.78 is 25.2. The van der Waals surface area contributed by atoms with E-state index in [1.807, 2.05) is 13.8 Å². The number of phosphoric acid groups is 1. The van der Waals surface area contributed by atoms with Crippen LogP contribution in [-0.4, -0.2) is 38.8 Å². The Labute approximate surface area is 95.9 Å². The smallest absolute Gasteiger partial charge is 0.109 e. The summed E-state index contributed by atoms with van der Waals surface area (Å²) in [7, 11) is 0.572. The van der Waals surface area contributed by atoms with Gasteiger partial charge in [0.25, 0.3) is 0 Å². The predicted octanol–water partition coefficient (Wildman–Crippen LogP) is -1.09. The molecule has 1 heterocycles. The third-order valence-electron chi connectivity index (χ3n) is 2.07. The number of hydrogen-bond acceptors (Lipinski definition) is 6. The van der Waals surface area contributed by atoms with Gasteiger partial charge in [0, 0.05) is 6.00 Å². The van der Waals surface area contributed by atoms with Crippen molar-refractivity contribution in [2.24, 2.45) is 0 Å². The van der Waals surface area contributed by atoms with Crippen LogP contribution in [-0.2, 0) is 18.6 Å². The highest BCUT2D eigenvalue weighted by molar-refractivity contribution is 7.43. The molecule has 0 bridgehead atoms. The molecular weight excluding hydrogens is 234 g/mol. The van der Waals surface area contributed by atoms with Crippen LogP contribution in [0.1, 0.15) is 20.3 Å². The molecule has 1 aliphatic heterocycles. The second-order valence-electron chi connectivity index (χ2n) is 3.91. The van der Waals surface area contributed by atoms with Gasteiger partial charge in [0.1, 0.15) is 14.0 Å². The Balaban J connectivity index is 2.46. The van der Waals surface area contributed by atoms with Crippen LogP contribution < -0.4 is 9.79 Å². The average Bonchev–Trinajstić information content (AvgIpc) is 2.40. The van der Waals surface area contributed by atoms with Gasteiger partial charge in [-0.15, -0.1) is 0 Å². The molecule has 3 atom stereocenters. The van der Waals surface area contributed by atoms with E-state index < -0.39 is 19.9 Å². The van der Waals surface area contributed by atoms with Crippen molar-refractivity contribution in [3.05, 3.63) is 0 Å². The zero-order valence-corrected chi connectivity index (χ0v) is 10.1. The van der Waals surface area contributed by atoms with E-state index in [0.717, 1.165) is 0 Å². The van der Waals surface area contributed by atoms with E-state index in [4.69, 9.17) is 17.3 Å². The maximum absolute atomic E-state index is 10.3. The van der Waals surface area contributed by atoms with Crippen molar-refractivity contribution in [2.75, 3.05) is 6.61 Å². The van der Waals surface area contributed by atoms with Gasteiger partial charge in [0.15, 0.2) is 0 Å². The second kappa shape index (κ2) is 5.62. The van der Waals surface area contributed by atoms with Crippen LogP contribution in [0.25, 0.3) is 0 Å². The first-order chi connectivity index (χ1) is 7.28. The van der Waals surface area contributed by atoms with Crippen molar-refractivity contribution < 1.29 is 28.3 Å². The van der Waals surface area contributed by atoms with Crippen molar-refractivity contribution in [3.63, 3.8) is 0 Å². The maximum Gasteiger partial charge on any atom is 0.109 e. The molecule has 16 heavy (non-hydrogen) atoms. The van der Waals surface area contributed by atoms with Gasteiger partial charge in [0.05, 0.1) is 26.6 Å². The summed E-state index contributed by atoms with van der Waals surface area (Å²) in [5.74, 6) is 0. The van der Waals surface area contributed by atoms with E-state index in [1.54, 1.807) is 0 Å². The van der Waals surface area contributed by atoms with Gasteiger partial charge in [-0.25, -0.2) is 0 Å². The van der Waals surface area contributed by atoms with Crippen LogP contribution in [0.15, 0.2) is 0 Å². The predicted molar refractivity (Wildman–Crippen MR) is 52.6 cm³/mol. The zero-order chi connectivity index (χ0) is 12.3. The van der Waals surface area contributed by atoms with Gasteiger partial charge in [-0.3, -0.25) is 0 Å². The lowest BCUT2D eigenvalue weighted by Crippen LogP contribution is -2.32. The minimum atomic E-state index is -4.98. The summed E-state index contributed by atoms with van der Waals surface area (Å²) in [5.41, 5.74) is 0. The number of hydrogen-bond donors (Lipinski definition) is 0. The van der Waals surface area contributed by atoms with Crippen molar-refractivity contribution >= 4 is 15.7 Å². The van der Waals surface area contributed by atoms with Crippen LogP contribution in [0.3, 0.4) is 0 Å². The summed E-state index contributed by atoms with van der Waals surface area (Å²) in [6.45, 7) is 3.33. The molecule has 0 aromatic heterocycles. The van der Waals surface area contributed by atoms with Gasteiger partial charge < -0.3 is 28.3 Å². The molecule has 0 N–H and O–H groups in total. The number of ether oxygens (including phenoxy) is 2. The quantitative estimate of drug-likeness (QED) is 0.453. The minimum Gasteiger partial charge on any atom is -0.790 e. The Bertz CT molecular complexity index is 267. The van der Waals surface area contributed by atoms with Crippen LogP contribution in [0.4, 0.5) is 0 Å². The van der Waals surface area contributed by atoms with Crippen molar-refractivity contribution in [1.82, 2.24) is 0 Å². The fraction of sp³-hybridized carbons (Fsp3) is 1.00. The largest absolute Gasteiger partial charge is 0.790 e. The summed E-state index contributed by atoms with van der Waals surface area (Å²) in [6.07, 6.45) is -0.545. The van der Waals surface area contributed by atoms with Crippen molar-refractivity contribution in [1.29, 1.82) is 0 Å². The zero-order valence-electron chi connectivity index (χ0n) is 9.20. The summed E-state index contributed by atoms with van der Waals surface area (Å²) in [6, 6.07) is -0.518. The molecule has 92 valence electrons. The standard InChI is InChI=1S/C8H16BO6P/c1-5(2)14-6-3-8(9)15-7(6)4-13-16(10,11)12/h5-8H,3-4H2,1-2H3,(H2,10,11,12)/p-2/t6?,7-,8-/m1/s1. The first-order valence-corrected chi connectivity index (χ1v) is 6.47. The van der Waals surface area contributed by atoms with Gasteiger partial charge in [-0.05, 0) is 20.3 Å². The first-order valence-electron chi connectivity index (χ1n) is 5.01. The van der Waals surface area contributed by atoms with Crippen LogP contribution in [0.5, 0.6) is 0 Å². The fourth-order valence-electron chi connectivity index (χ4n) is 1.55. The van der Waals surface area contributed by atoms with Crippen molar-refractivity contribution in [2.45, 2.75) is 44.6 Å². The van der Waals surface area contributed by atoms with Crippen LogP contribution in [0, 0.1) is 0 Å². The van der Waals surface area contributed by atoms with Gasteiger partial charge >= 0.3 is 0 Å². The van der Waals surface area contributed by atoms with Crippen molar-refractivity contribution in [3.8, 4) is 0 Å². The third kappa shape index (κ3) is 4.95. The summed E-state index contributed by atoms with van der Waals surface area (Å²) in [4.78, 5) is 20.6. The number of rotatable bonds is 5. The maximum atomic E-state index is 10.3. The Kier molecular flexibility index (Phi) is 4.97. The lowest BCUT2D eigenvalue weighted by atomic mass is 9.96. The molecule has 8 heteroatoms. The van der Waals surface area contributed by atoms with E-state index in [9.17, 15) is 14.4 Å². The molecule has 0 amide bonds.